The second-order valence-corrected chi connectivity index (χ2v) is 5.91. The summed E-state index contributed by atoms with van der Waals surface area (Å²) in [5.41, 5.74) is 0.729. The van der Waals surface area contributed by atoms with Gasteiger partial charge in [-0.1, -0.05) is 11.8 Å². The quantitative estimate of drug-likeness (QED) is 0.871. The van der Waals surface area contributed by atoms with Crippen molar-refractivity contribution in [2.75, 3.05) is 13.2 Å². The lowest BCUT2D eigenvalue weighted by Gasteiger charge is -2.23. The van der Waals surface area contributed by atoms with Crippen LogP contribution in [0.1, 0.15) is 33.0 Å². The number of alkyl halides is 3. The van der Waals surface area contributed by atoms with Gasteiger partial charge in [0.2, 0.25) is 0 Å². The molecule has 0 aromatic carbocycles. The highest BCUT2D eigenvalue weighted by Gasteiger charge is 2.41. The van der Waals surface area contributed by atoms with Crippen molar-refractivity contribution in [2.24, 2.45) is 0 Å². The largest absolute Gasteiger partial charge is 0.406 e. The van der Waals surface area contributed by atoms with Gasteiger partial charge in [0, 0.05) is 6.04 Å². The Morgan fingerprint density at radius 3 is 2.71 bits per heavy atom. The van der Waals surface area contributed by atoms with Gasteiger partial charge < -0.3 is 10.0 Å². The van der Waals surface area contributed by atoms with Crippen molar-refractivity contribution in [3.63, 3.8) is 0 Å². The summed E-state index contributed by atoms with van der Waals surface area (Å²) in [6.45, 7) is 0.216. The number of aliphatic hydroxyl groups excluding tert-OH is 1. The fourth-order valence-electron chi connectivity index (χ4n) is 1.92. The van der Waals surface area contributed by atoms with Gasteiger partial charge in [0.1, 0.15) is 13.2 Å². The molecule has 0 unspecified atom stereocenters. The van der Waals surface area contributed by atoms with E-state index in [1.165, 1.54) is 0 Å². The first-order chi connectivity index (χ1) is 9.81. The zero-order valence-corrected chi connectivity index (χ0v) is 12.1. The minimum atomic E-state index is -4.40. The van der Waals surface area contributed by atoms with E-state index in [0.29, 0.717) is 17.7 Å². The molecular formula is C14H14F3NO2S. The predicted octanol–water partition coefficient (Wildman–Crippen LogP) is 2.57. The van der Waals surface area contributed by atoms with Crippen LogP contribution in [0.5, 0.6) is 0 Å². The summed E-state index contributed by atoms with van der Waals surface area (Å²) in [5, 5.41) is 8.66. The van der Waals surface area contributed by atoms with Crippen molar-refractivity contribution in [2.45, 2.75) is 32.0 Å². The van der Waals surface area contributed by atoms with E-state index in [1.54, 1.807) is 13.0 Å². The zero-order chi connectivity index (χ0) is 15.6. The Morgan fingerprint density at radius 1 is 1.52 bits per heavy atom. The molecule has 1 saturated carbocycles. The number of rotatable bonds is 3. The number of halogens is 3. The first-order valence-electron chi connectivity index (χ1n) is 6.39. The van der Waals surface area contributed by atoms with Crippen LogP contribution < -0.4 is 0 Å². The second kappa shape index (κ2) is 6.08. The zero-order valence-electron chi connectivity index (χ0n) is 11.3. The van der Waals surface area contributed by atoms with Crippen molar-refractivity contribution in [3.8, 4) is 11.8 Å². The Hall–Kier alpha value is -1.52. The van der Waals surface area contributed by atoms with Gasteiger partial charge in [0.05, 0.1) is 9.75 Å². The van der Waals surface area contributed by atoms with E-state index in [-0.39, 0.29) is 17.5 Å². The molecule has 1 aliphatic carbocycles. The van der Waals surface area contributed by atoms with Crippen LogP contribution in [0.2, 0.25) is 0 Å². The molecule has 0 atom stereocenters. The van der Waals surface area contributed by atoms with Crippen LogP contribution in [0, 0.1) is 18.8 Å². The molecule has 0 radical (unpaired) electrons. The highest BCUT2D eigenvalue weighted by Crippen LogP contribution is 2.33. The average Bonchev–Trinajstić information content (AvgIpc) is 3.16. The standard InChI is InChI=1S/C14H14F3NO2S/c1-9-7-12(21-11(9)3-2-6-19)13(20)18(10-4-5-10)8-14(15,16)17/h7,10,19H,4-6,8H2,1H3. The summed E-state index contributed by atoms with van der Waals surface area (Å²) in [6.07, 6.45) is -3.17. The van der Waals surface area contributed by atoms with Gasteiger partial charge in [-0.2, -0.15) is 13.2 Å². The van der Waals surface area contributed by atoms with Crippen LogP contribution in [0.15, 0.2) is 6.07 Å². The van der Waals surface area contributed by atoms with Crippen LogP contribution in [-0.4, -0.2) is 41.3 Å². The highest BCUT2D eigenvalue weighted by molar-refractivity contribution is 7.14. The smallest absolute Gasteiger partial charge is 0.384 e. The molecule has 1 heterocycles. The maximum atomic E-state index is 12.6. The lowest BCUT2D eigenvalue weighted by atomic mass is 10.2. The van der Waals surface area contributed by atoms with E-state index < -0.39 is 18.6 Å². The monoisotopic (exact) mass is 317 g/mol. The van der Waals surface area contributed by atoms with Crippen molar-refractivity contribution in [1.82, 2.24) is 4.90 Å². The summed E-state index contributed by atoms with van der Waals surface area (Å²) in [6, 6.07) is 1.24. The van der Waals surface area contributed by atoms with E-state index in [0.717, 1.165) is 21.8 Å². The van der Waals surface area contributed by atoms with E-state index in [1.807, 2.05) is 0 Å². The number of amides is 1. The fraction of sp³-hybridized carbons (Fsp3) is 0.500. The molecule has 1 aromatic heterocycles. The third kappa shape index (κ3) is 4.22. The number of carbonyl (C=O) groups excluding carboxylic acids is 1. The molecule has 114 valence electrons. The minimum absolute atomic E-state index is 0.255. The molecule has 1 aromatic rings. The molecule has 21 heavy (non-hydrogen) atoms. The number of aryl methyl sites for hydroxylation is 1. The van der Waals surface area contributed by atoms with Gasteiger partial charge in [-0.05, 0) is 31.4 Å². The number of thiophene rings is 1. The van der Waals surface area contributed by atoms with E-state index in [9.17, 15) is 18.0 Å². The Labute approximate surface area is 124 Å². The number of carbonyl (C=O) groups is 1. The Balaban J connectivity index is 2.21. The maximum Gasteiger partial charge on any atom is 0.406 e. The predicted molar refractivity (Wildman–Crippen MR) is 73.1 cm³/mol. The van der Waals surface area contributed by atoms with E-state index in [4.69, 9.17) is 5.11 Å². The van der Waals surface area contributed by atoms with Gasteiger partial charge in [-0.3, -0.25) is 4.79 Å². The first-order valence-corrected chi connectivity index (χ1v) is 7.21. The molecule has 7 heteroatoms. The number of hydrogen-bond donors (Lipinski definition) is 1. The Bertz CT molecular complexity index is 594. The molecular weight excluding hydrogens is 303 g/mol. The minimum Gasteiger partial charge on any atom is -0.384 e. The molecule has 1 amide bonds. The first kappa shape index (κ1) is 15.9. The molecule has 3 nitrogen and oxygen atoms in total. The average molecular weight is 317 g/mol. The summed E-state index contributed by atoms with van der Waals surface area (Å²) in [7, 11) is 0. The summed E-state index contributed by atoms with van der Waals surface area (Å²) in [5.74, 6) is 4.57. The van der Waals surface area contributed by atoms with Crippen molar-refractivity contribution in [3.05, 3.63) is 21.4 Å². The molecule has 0 spiro atoms. The Kier molecular flexibility index (Phi) is 4.59. The SMILES string of the molecule is Cc1cc(C(=O)N(CC(F)(F)F)C2CC2)sc1C#CCO. The Morgan fingerprint density at radius 2 is 2.19 bits per heavy atom. The molecule has 0 aliphatic heterocycles. The fourth-order valence-corrected chi connectivity index (χ4v) is 2.92. The highest BCUT2D eigenvalue weighted by atomic mass is 32.1. The van der Waals surface area contributed by atoms with Gasteiger partial charge in [0.25, 0.3) is 5.91 Å². The second-order valence-electron chi connectivity index (χ2n) is 4.86. The van der Waals surface area contributed by atoms with Crippen LogP contribution in [0.3, 0.4) is 0 Å². The molecule has 2 rings (SSSR count). The van der Waals surface area contributed by atoms with Gasteiger partial charge in [0.15, 0.2) is 0 Å². The van der Waals surface area contributed by atoms with Gasteiger partial charge in [-0.15, -0.1) is 11.3 Å². The van der Waals surface area contributed by atoms with Crippen molar-refractivity contribution < 1.29 is 23.1 Å². The van der Waals surface area contributed by atoms with Crippen LogP contribution in [0.25, 0.3) is 0 Å². The van der Waals surface area contributed by atoms with Crippen LogP contribution >= 0.6 is 11.3 Å². The number of nitrogens with zero attached hydrogens (tertiary/aromatic N) is 1. The normalized spacial score (nSPS) is 14.5. The third-order valence-electron chi connectivity index (χ3n) is 3.01. The van der Waals surface area contributed by atoms with E-state index in [2.05, 4.69) is 11.8 Å². The summed E-state index contributed by atoms with van der Waals surface area (Å²) in [4.78, 5) is 14.0. The lowest BCUT2D eigenvalue weighted by Crippen LogP contribution is -2.40. The topological polar surface area (TPSA) is 40.5 Å². The molecule has 0 saturated heterocycles. The van der Waals surface area contributed by atoms with Gasteiger partial charge >= 0.3 is 6.18 Å². The molecule has 1 fully saturated rings. The van der Waals surface area contributed by atoms with Gasteiger partial charge in [-0.25, -0.2) is 0 Å². The summed E-state index contributed by atoms with van der Waals surface area (Å²) < 4.78 is 37.7. The number of aliphatic hydroxyl groups is 1. The maximum absolute atomic E-state index is 12.6. The van der Waals surface area contributed by atoms with Crippen molar-refractivity contribution in [1.29, 1.82) is 0 Å². The van der Waals surface area contributed by atoms with Crippen LogP contribution in [-0.2, 0) is 0 Å². The molecule has 0 bridgehead atoms. The lowest BCUT2D eigenvalue weighted by molar-refractivity contribution is -0.141. The molecule has 1 aliphatic rings. The third-order valence-corrected chi connectivity index (χ3v) is 4.15. The molecule has 1 N–H and O–H groups in total. The van der Waals surface area contributed by atoms with E-state index >= 15 is 0 Å². The van der Waals surface area contributed by atoms with Crippen LogP contribution in [0.4, 0.5) is 13.2 Å². The summed E-state index contributed by atoms with van der Waals surface area (Å²) >= 11 is 1.06. The van der Waals surface area contributed by atoms with Crippen molar-refractivity contribution >= 4 is 17.2 Å². The number of hydrogen-bond acceptors (Lipinski definition) is 3.